The van der Waals surface area contributed by atoms with Crippen molar-refractivity contribution in [1.29, 1.82) is 0 Å². The predicted molar refractivity (Wildman–Crippen MR) is 89.0 cm³/mol. The van der Waals surface area contributed by atoms with E-state index in [-0.39, 0.29) is 5.91 Å². The molecule has 0 aromatic carbocycles. The van der Waals surface area contributed by atoms with Crippen LogP contribution < -0.4 is 5.32 Å². The van der Waals surface area contributed by atoms with Crippen LogP contribution >= 0.6 is 23.1 Å². The van der Waals surface area contributed by atoms with E-state index in [1.165, 1.54) is 42.4 Å². The number of amides is 1. The molecule has 7 heteroatoms. The first kappa shape index (κ1) is 16.3. The van der Waals surface area contributed by atoms with Crippen molar-refractivity contribution >= 4 is 34.1 Å². The van der Waals surface area contributed by atoms with Gasteiger partial charge in [0.2, 0.25) is 11.0 Å². The fourth-order valence-corrected chi connectivity index (χ4v) is 3.87. The lowest BCUT2D eigenvalue weighted by Gasteiger charge is -2.24. The standard InChI is InChI=1S/C14H22N4OS2/c1-2-8-15-13-16-17-14(21-13)20-11-12(19)18-9-6-4-3-5-7-10-18/h2H,1,3-11H2,(H,15,16). The Balaban J connectivity index is 1.76. The molecule has 0 aliphatic carbocycles. The Kier molecular flexibility index (Phi) is 7.02. The Morgan fingerprint density at radius 1 is 1.29 bits per heavy atom. The number of nitrogens with zero attached hydrogens (tertiary/aromatic N) is 3. The molecule has 0 unspecified atom stereocenters. The highest BCUT2D eigenvalue weighted by atomic mass is 32.2. The molecule has 2 heterocycles. The third-order valence-corrected chi connectivity index (χ3v) is 5.33. The predicted octanol–water partition coefficient (Wildman–Crippen LogP) is 3.02. The van der Waals surface area contributed by atoms with Crippen molar-refractivity contribution in [2.45, 2.75) is 36.4 Å². The maximum atomic E-state index is 12.2. The van der Waals surface area contributed by atoms with E-state index >= 15 is 0 Å². The highest BCUT2D eigenvalue weighted by Crippen LogP contribution is 2.25. The van der Waals surface area contributed by atoms with Crippen LogP contribution in [-0.2, 0) is 4.79 Å². The average molecular weight is 326 g/mol. The summed E-state index contributed by atoms with van der Waals surface area (Å²) in [5, 5.41) is 12.0. The van der Waals surface area contributed by atoms with Gasteiger partial charge in [0.1, 0.15) is 0 Å². The molecular weight excluding hydrogens is 304 g/mol. The van der Waals surface area contributed by atoms with Crippen LogP contribution in [0.3, 0.4) is 0 Å². The Morgan fingerprint density at radius 3 is 2.71 bits per heavy atom. The van der Waals surface area contributed by atoms with E-state index in [9.17, 15) is 4.79 Å². The fourth-order valence-electron chi connectivity index (χ4n) is 2.21. The number of carbonyl (C=O) groups is 1. The van der Waals surface area contributed by atoms with Crippen LogP contribution in [0.25, 0.3) is 0 Å². The van der Waals surface area contributed by atoms with Crippen LogP contribution in [0.4, 0.5) is 5.13 Å². The lowest BCUT2D eigenvalue weighted by molar-refractivity contribution is -0.128. The second-order valence-corrected chi connectivity index (χ2v) is 7.18. The Hall–Kier alpha value is -1.08. The monoisotopic (exact) mass is 326 g/mol. The number of aromatic nitrogens is 2. The lowest BCUT2D eigenvalue weighted by atomic mass is 10.1. The third-order valence-electron chi connectivity index (χ3n) is 3.33. The van der Waals surface area contributed by atoms with Gasteiger partial charge in [0.05, 0.1) is 5.75 Å². The van der Waals surface area contributed by atoms with E-state index in [0.29, 0.717) is 12.3 Å². The highest BCUT2D eigenvalue weighted by Gasteiger charge is 2.16. The normalized spacial score (nSPS) is 16.1. The van der Waals surface area contributed by atoms with Crippen LogP contribution in [0.15, 0.2) is 17.0 Å². The fraction of sp³-hybridized carbons (Fsp3) is 0.643. The van der Waals surface area contributed by atoms with Gasteiger partial charge < -0.3 is 10.2 Å². The summed E-state index contributed by atoms with van der Waals surface area (Å²) in [5.74, 6) is 0.675. The zero-order chi connectivity index (χ0) is 14.9. The average Bonchev–Trinajstić information content (AvgIpc) is 2.90. The van der Waals surface area contributed by atoms with Crippen molar-refractivity contribution in [2.24, 2.45) is 0 Å². The molecule has 0 spiro atoms. The summed E-state index contributed by atoms with van der Waals surface area (Å²) in [4.78, 5) is 14.3. The van der Waals surface area contributed by atoms with E-state index in [1.54, 1.807) is 6.08 Å². The molecule has 1 saturated heterocycles. The van der Waals surface area contributed by atoms with Crippen LogP contribution in [0.5, 0.6) is 0 Å². The minimum absolute atomic E-state index is 0.220. The van der Waals surface area contributed by atoms with Crippen LogP contribution in [-0.4, -0.2) is 46.4 Å². The maximum Gasteiger partial charge on any atom is 0.233 e. The first-order valence-electron chi connectivity index (χ1n) is 7.38. The van der Waals surface area contributed by atoms with E-state index < -0.39 is 0 Å². The number of hydrogen-bond donors (Lipinski definition) is 1. The van der Waals surface area contributed by atoms with Crippen molar-refractivity contribution in [3.05, 3.63) is 12.7 Å². The highest BCUT2D eigenvalue weighted by molar-refractivity contribution is 8.01. The van der Waals surface area contributed by atoms with Gasteiger partial charge in [0.25, 0.3) is 0 Å². The first-order valence-corrected chi connectivity index (χ1v) is 9.18. The molecule has 21 heavy (non-hydrogen) atoms. The van der Waals surface area contributed by atoms with Gasteiger partial charge >= 0.3 is 0 Å². The van der Waals surface area contributed by atoms with Gasteiger partial charge in [0, 0.05) is 19.6 Å². The Labute approximate surface area is 134 Å². The van der Waals surface area contributed by atoms with Crippen molar-refractivity contribution in [2.75, 3.05) is 30.7 Å². The Bertz CT molecular complexity index is 456. The number of nitrogens with one attached hydrogen (secondary N) is 1. The molecule has 1 aromatic rings. The van der Waals surface area contributed by atoms with Gasteiger partial charge in [-0.15, -0.1) is 16.8 Å². The number of carbonyl (C=O) groups excluding carboxylic acids is 1. The lowest BCUT2D eigenvalue weighted by Crippen LogP contribution is -2.35. The topological polar surface area (TPSA) is 58.1 Å². The summed E-state index contributed by atoms with van der Waals surface area (Å²) in [6, 6.07) is 0. The van der Waals surface area contributed by atoms with Gasteiger partial charge in [-0.1, -0.05) is 48.4 Å². The molecule has 5 nitrogen and oxygen atoms in total. The van der Waals surface area contributed by atoms with Gasteiger partial charge in [-0.05, 0) is 12.8 Å². The molecule has 1 aromatic heterocycles. The molecule has 0 atom stereocenters. The molecule has 0 radical (unpaired) electrons. The van der Waals surface area contributed by atoms with Crippen LogP contribution in [0, 0.1) is 0 Å². The number of thioether (sulfide) groups is 1. The van der Waals surface area contributed by atoms with Crippen LogP contribution in [0.2, 0.25) is 0 Å². The molecule has 1 aliphatic rings. The minimum Gasteiger partial charge on any atom is -0.357 e. The third kappa shape index (κ3) is 5.67. The summed E-state index contributed by atoms with van der Waals surface area (Å²) in [6.07, 6.45) is 7.83. The quantitative estimate of drug-likeness (QED) is 0.643. The molecular formula is C14H22N4OS2. The number of likely N-dealkylation sites (tertiary alicyclic amines) is 1. The Morgan fingerprint density at radius 2 is 2.00 bits per heavy atom. The second kappa shape index (κ2) is 9.04. The minimum atomic E-state index is 0.220. The zero-order valence-corrected chi connectivity index (χ0v) is 13.8. The van der Waals surface area contributed by atoms with Gasteiger partial charge in [-0.2, -0.15) is 0 Å². The molecule has 1 amide bonds. The summed E-state index contributed by atoms with van der Waals surface area (Å²) in [6.45, 7) is 6.13. The summed E-state index contributed by atoms with van der Waals surface area (Å²) in [7, 11) is 0. The van der Waals surface area contributed by atoms with E-state index in [1.807, 2.05) is 4.90 Å². The van der Waals surface area contributed by atoms with Crippen molar-refractivity contribution in [1.82, 2.24) is 15.1 Å². The van der Waals surface area contributed by atoms with Gasteiger partial charge in [-0.25, -0.2) is 0 Å². The second-order valence-electron chi connectivity index (χ2n) is 4.98. The number of hydrogen-bond acceptors (Lipinski definition) is 6. The zero-order valence-electron chi connectivity index (χ0n) is 12.2. The van der Waals surface area contributed by atoms with E-state index in [4.69, 9.17) is 0 Å². The molecule has 1 N–H and O–H groups in total. The maximum absolute atomic E-state index is 12.2. The first-order chi connectivity index (χ1) is 10.3. The molecule has 116 valence electrons. The largest absolute Gasteiger partial charge is 0.357 e. The van der Waals surface area contributed by atoms with E-state index in [0.717, 1.165) is 35.4 Å². The van der Waals surface area contributed by atoms with E-state index in [2.05, 4.69) is 22.1 Å². The smallest absolute Gasteiger partial charge is 0.233 e. The van der Waals surface area contributed by atoms with Crippen molar-refractivity contribution in [3.63, 3.8) is 0 Å². The van der Waals surface area contributed by atoms with Crippen molar-refractivity contribution in [3.8, 4) is 0 Å². The van der Waals surface area contributed by atoms with Gasteiger partial charge in [0.15, 0.2) is 4.34 Å². The summed E-state index contributed by atoms with van der Waals surface area (Å²) >= 11 is 2.96. The molecule has 1 aliphatic heterocycles. The number of anilines is 1. The summed E-state index contributed by atoms with van der Waals surface area (Å²) in [5.41, 5.74) is 0. The SMILES string of the molecule is C=CCNc1nnc(SCC(=O)N2CCCCCCC2)s1. The number of rotatable bonds is 6. The molecule has 1 fully saturated rings. The molecule has 0 saturated carbocycles. The summed E-state index contributed by atoms with van der Waals surface area (Å²) < 4.78 is 0.835. The molecule has 2 rings (SSSR count). The van der Waals surface area contributed by atoms with Gasteiger partial charge in [-0.3, -0.25) is 4.79 Å². The van der Waals surface area contributed by atoms with Crippen molar-refractivity contribution < 1.29 is 4.79 Å². The molecule has 0 bridgehead atoms. The van der Waals surface area contributed by atoms with Crippen LogP contribution in [0.1, 0.15) is 32.1 Å².